The lowest BCUT2D eigenvalue weighted by Crippen LogP contribution is -2.37. The third-order valence-corrected chi connectivity index (χ3v) is 3.49. The fourth-order valence-electron chi connectivity index (χ4n) is 1.56. The summed E-state index contributed by atoms with van der Waals surface area (Å²) in [7, 11) is 0. The molecule has 1 aliphatic heterocycles. The van der Waals surface area contributed by atoms with Gasteiger partial charge in [0.1, 0.15) is 6.10 Å². The average Bonchev–Trinajstić information content (AvgIpc) is 2.47. The molecule has 78 valence electrons. The van der Waals surface area contributed by atoms with Gasteiger partial charge >= 0.3 is 0 Å². The van der Waals surface area contributed by atoms with E-state index < -0.39 is 0 Å². The number of hydrogen-bond donors (Lipinski definition) is 1. The second-order valence-electron chi connectivity index (χ2n) is 3.71. The zero-order chi connectivity index (χ0) is 9.97. The molecule has 0 amide bonds. The molecule has 0 spiro atoms. The van der Waals surface area contributed by atoms with Crippen LogP contribution < -0.4 is 10.1 Å². The first-order valence-electron chi connectivity index (χ1n) is 5.07. The first-order chi connectivity index (χ1) is 6.75. The maximum atomic E-state index is 5.80. The van der Waals surface area contributed by atoms with Gasteiger partial charge in [0.05, 0.1) is 5.69 Å². The van der Waals surface area contributed by atoms with Gasteiger partial charge in [0.2, 0.25) is 0 Å². The monoisotopic (exact) mass is 212 g/mol. The van der Waals surface area contributed by atoms with E-state index in [9.17, 15) is 0 Å². The lowest BCUT2D eigenvalue weighted by atomic mass is 10.1. The molecule has 0 aromatic carbocycles. The summed E-state index contributed by atoms with van der Waals surface area (Å²) in [6.45, 7) is 6.18. The number of aryl methyl sites for hydroxylation is 2. The van der Waals surface area contributed by atoms with Gasteiger partial charge in [-0.25, -0.2) is 4.98 Å². The van der Waals surface area contributed by atoms with Crippen molar-refractivity contribution >= 4 is 11.3 Å². The van der Waals surface area contributed by atoms with E-state index in [-0.39, 0.29) is 0 Å². The van der Waals surface area contributed by atoms with Gasteiger partial charge in [-0.15, -0.1) is 0 Å². The van der Waals surface area contributed by atoms with Crippen molar-refractivity contribution in [1.29, 1.82) is 0 Å². The van der Waals surface area contributed by atoms with Crippen LogP contribution in [0.15, 0.2) is 0 Å². The minimum Gasteiger partial charge on any atom is -0.465 e. The highest BCUT2D eigenvalue weighted by molar-refractivity contribution is 7.13. The number of hydrogen-bond acceptors (Lipinski definition) is 4. The Morgan fingerprint density at radius 1 is 1.50 bits per heavy atom. The second-order valence-corrected chi connectivity index (χ2v) is 4.87. The summed E-state index contributed by atoms with van der Waals surface area (Å²) in [5.41, 5.74) is 1.09. The van der Waals surface area contributed by atoms with Gasteiger partial charge in [0.25, 0.3) is 5.19 Å². The quantitative estimate of drug-likeness (QED) is 0.813. The third-order valence-electron chi connectivity index (χ3n) is 2.53. The van der Waals surface area contributed by atoms with Crippen molar-refractivity contribution < 1.29 is 4.74 Å². The Morgan fingerprint density at radius 3 is 2.93 bits per heavy atom. The summed E-state index contributed by atoms with van der Waals surface area (Å²) in [6.07, 6.45) is 2.66. The van der Waals surface area contributed by atoms with Gasteiger partial charge in [0.15, 0.2) is 0 Å². The predicted octanol–water partition coefficient (Wildman–Crippen LogP) is 1.89. The highest BCUT2D eigenvalue weighted by Crippen LogP contribution is 2.25. The second kappa shape index (κ2) is 4.28. The van der Waals surface area contributed by atoms with Crippen LogP contribution in [-0.4, -0.2) is 24.2 Å². The smallest absolute Gasteiger partial charge is 0.273 e. The van der Waals surface area contributed by atoms with E-state index >= 15 is 0 Å². The molecule has 2 heterocycles. The predicted molar refractivity (Wildman–Crippen MR) is 58.1 cm³/mol. The van der Waals surface area contributed by atoms with Crippen LogP contribution in [0.1, 0.15) is 23.4 Å². The Kier molecular flexibility index (Phi) is 3.03. The van der Waals surface area contributed by atoms with E-state index in [1.165, 1.54) is 11.3 Å². The Bertz CT molecular complexity index is 286. The summed E-state index contributed by atoms with van der Waals surface area (Å²) in [5.74, 6) is 0. The maximum Gasteiger partial charge on any atom is 0.273 e. The summed E-state index contributed by atoms with van der Waals surface area (Å²) < 4.78 is 5.80. The Labute approximate surface area is 88.5 Å². The first-order valence-corrected chi connectivity index (χ1v) is 5.89. The number of nitrogens with one attached hydrogen (secondary N) is 1. The van der Waals surface area contributed by atoms with Gasteiger partial charge in [-0.2, -0.15) is 0 Å². The van der Waals surface area contributed by atoms with Crippen LogP contribution in [0.3, 0.4) is 0 Å². The molecule has 0 saturated carbocycles. The first kappa shape index (κ1) is 9.93. The molecule has 1 aliphatic rings. The average molecular weight is 212 g/mol. The number of aromatic nitrogens is 1. The van der Waals surface area contributed by atoms with Gasteiger partial charge in [-0.3, -0.25) is 0 Å². The third kappa shape index (κ3) is 2.25. The lowest BCUT2D eigenvalue weighted by Gasteiger charge is -2.22. The fraction of sp³-hybridized carbons (Fsp3) is 0.700. The molecule has 0 aliphatic carbocycles. The number of piperidine rings is 1. The van der Waals surface area contributed by atoms with Crippen molar-refractivity contribution in [1.82, 2.24) is 10.3 Å². The van der Waals surface area contributed by atoms with Crippen LogP contribution in [0.5, 0.6) is 5.19 Å². The Morgan fingerprint density at radius 2 is 2.36 bits per heavy atom. The Hall–Kier alpha value is -0.610. The van der Waals surface area contributed by atoms with Gasteiger partial charge in [-0.05, 0) is 33.2 Å². The summed E-state index contributed by atoms with van der Waals surface area (Å²) in [4.78, 5) is 5.63. The Balaban J connectivity index is 1.95. The van der Waals surface area contributed by atoms with E-state index in [2.05, 4.69) is 17.2 Å². The summed E-state index contributed by atoms with van der Waals surface area (Å²) in [6, 6.07) is 0. The number of thiazole rings is 1. The van der Waals surface area contributed by atoms with Crippen LogP contribution in [0.25, 0.3) is 0 Å². The number of nitrogens with zero attached hydrogens (tertiary/aromatic N) is 1. The highest BCUT2D eigenvalue weighted by atomic mass is 32.1. The standard InChI is InChI=1S/C10H16N2OS/c1-7-8(2)14-10(12-7)13-9-4-3-5-11-6-9/h9,11H,3-6H2,1-2H3/t9-/m0/s1. The zero-order valence-electron chi connectivity index (χ0n) is 8.67. The van der Waals surface area contributed by atoms with Crippen molar-refractivity contribution in [2.75, 3.05) is 13.1 Å². The molecule has 1 atom stereocenters. The normalized spacial score (nSPS) is 22.3. The number of ether oxygens (including phenoxy) is 1. The fourth-order valence-corrected chi connectivity index (χ4v) is 2.38. The molecule has 1 N–H and O–H groups in total. The number of rotatable bonds is 2. The van der Waals surface area contributed by atoms with Gasteiger partial charge in [-0.1, -0.05) is 11.3 Å². The van der Waals surface area contributed by atoms with E-state index in [4.69, 9.17) is 4.74 Å². The molecule has 1 aromatic rings. The van der Waals surface area contributed by atoms with E-state index in [0.29, 0.717) is 6.10 Å². The minimum atomic E-state index is 0.314. The molecule has 1 saturated heterocycles. The van der Waals surface area contributed by atoms with Crippen molar-refractivity contribution in [2.45, 2.75) is 32.8 Å². The molecule has 0 bridgehead atoms. The topological polar surface area (TPSA) is 34.1 Å². The molecule has 1 fully saturated rings. The molecule has 0 radical (unpaired) electrons. The van der Waals surface area contributed by atoms with Crippen LogP contribution in [0.4, 0.5) is 0 Å². The minimum absolute atomic E-state index is 0.314. The van der Waals surface area contributed by atoms with Crippen molar-refractivity contribution in [3.05, 3.63) is 10.6 Å². The van der Waals surface area contributed by atoms with Crippen molar-refractivity contribution in [2.24, 2.45) is 0 Å². The van der Waals surface area contributed by atoms with Crippen molar-refractivity contribution in [3.63, 3.8) is 0 Å². The van der Waals surface area contributed by atoms with Crippen molar-refractivity contribution in [3.8, 4) is 5.19 Å². The van der Waals surface area contributed by atoms with E-state index in [1.54, 1.807) is 11.3 Å². The molecule has 3 nitrogen and oxygen atoms in total. The van der Waals surface area contributed by atoms with Crippen LogP contribution in [-0.2, 0) is 0 Å². The summed E-state index contributed by atoms with van der Waals surface area (Å²) >= 11 is 1.65. The maximum absolute atomic E-state index is 5.80. The molecule has 14 heavy (non-hydrogen) atoms. The van der Waals surface area contributed by atoms with Crippen LogP contribution in [0.2, 0.25) is 0 Å². The van der Waals surface area contributed by atoms with E-state index in [0.717, 1.165) is 30.4 Å². The van der Waals surface area contributed by atoms with Crippen LogP contribution in [0, 0.1) is 13.8 Å². The van der Waals surface area contributed by atoms with Gasteiger partial charge < -0.3 is 10.1 Å². The largest absolute Gasteiger partial charge is 0.465 e. The SMILES string of the molecule is Cc1nc(O[C@H]2CCCNC2)sc1C. The molecule has 0 unspecified atom stereocenters. The van der Waals surface area contributed by atoms with E-state index in [1.807, 2.05) is 6.92 Å². The highest BCUT2D eigenvalue weighted by Gasteiger charge is 2.16. The van der Waals surface area contributed by atoms with Gasteiger partial charge in [0, 0.05) is 11.4 Å². The molecule has 4 heteroatoms. The summed E-state index contributed by atoms with van der Waals surface area (Å²) in [5, 5.41) is 4.16. The zero-order valence-corrected chi connectivity index (χ0v) is 9.49. The molecule has 1 aromatic heterocycles. The molecular formula is C10H16N2OS. The molecular weight excluding hydrogens is 196 g/mol. The lowest BCUT2D eigenvalue weighted by molar-refractivity contribution is 0.166. The van der Waals surface area contributed by atoms with Crippen LogP contribution >= 0.6 is 11.3 Å². The molecule has 2 rings (SSSR count).